The first-order chi connectivity index (χ1) is 9.19. The molecule has 104 valence electrons. The quantitative estimate of drug-likeness (QED) is 0.903. The van der Waals surface area contributed by atoms with E-state index in [1.165, 1.54) is 36.1 Å². The lowest BCUT2D eigenvalue weighted by molar-refractivity contribution is 0.210. The molecule has 2 aliphatic rings. The van der Waals surface area contributed by atoms with Gasteiger partial charge in [-0.25, -0.2) is 0 Å². The minimum absolute atomic E-state index is 0.714. The van der Waals surface area contributed by atoms with E-state index in [-0.39, 0.29) is 0 Å². The number of fused-ring (bicyclic) bond motifs is 1. The molecule has 1 aromatic rings. The molecule has 0 aliphatic carbocycles. The van der Waals surface area contributed by atoms with Crippen molar-refractivity contribution in [3.05, 3.63) is 33.3 Å². The predicted octanol–water partition coefficient (Wildman–Crippen LogP) is 3.53. The Morgan fingerprint density at radius 2 is 2.26 bits per heavy atom. The highest BCUT2D eigenvalue weighted by molar-refractivity contribution is 9.10. The van der Waals surface area contributed by atoms with Crippen molar-refractivity contribution in [2.45, 2.75) is 25.9 Å². The van der Waals surface area contributed by atoms with Crippen molar-refractivity contribution >= 4 is 27.5 Å². The summed E-state index contributed by atoms with van der Waals surface area (Å²) in [5, 5.41) is 4.36. The Labute approximate surface area is 128 Å². The summed E-state index contributed by atoms with van der Waals surface area (Å²) in [5.41, 5.74) is 1.30. The van der Waals surface area contributed by atoms with Crippen LogP contribution in [0.1, 0.15) is 18.9 Å². The molecule has 0 bridgehead atoms. The van der Waals surface area contributed by atoms with Gasteiger partial charge in [0.15, 0.2) is 0 Å². The average molecular weight is 344 g/mol. The summed E-state index contributed by atoms with van der Waals surface area (Å²) in [6, 6.07) is 6.79. The lowest BCUT2D eigenvalue weighted by atomic mass is 9.93. The third-order valence-electron chi connectivity index (χ3n) is 4.62. The number of halogens is 2. The van der Waals surface area contributed by atoms with Gasteiger partial charge in [0, 0.05) is 28.6 Å². The molecule has 3 rings (SSSR count). The van der Waals surface area contributed by atoms with Gasteiger partial charge in [0.2, 0.25) is 0 Å². The van der Waals surface area contributed by atoms with E-state index in [1.54, 1.807) is 0 Å². The van der Waals surface area contributed by atoms with Gasteiger partial charge in [0.25, 0.3) is 0 Å². The minimum Gasteiger partial charge on any atom is -0.316 e. The van der Waals surface area contributed by atoms with Crippen LogP contribution in [-0.4, -0.2) is 30.6 Å². The van der Waals surface area contributed by atoms with Crippen LogP contribution >= 0.6 is 27.5 Å². The van der Waals surface area contributed by atoms with Crippen molar-refractivity contribution in [2.75, 3.05) is 19.6 Å². The molecule has 2 saturated heterocycles. The topological polar surface area (TPSA) is 15.3 Å². The third-order valence-corrected chi connectivity index (χ3v) is 5.63. The van der Waals surface area contributed by atoms with E-state index in [1.807, 2.05) is 6.07 Å². The van der Waals surface area contributed by atoms with Gasteiger partial charge in [-0.15, -0.1) is 0 Å². The van der Waals surface area contributed by atoms with Crippen LogP contribution in [-0.2, 0) is 6.54 Å². The number of likely N-dealkylation sites (tertiary alicyclic amines) is 1. The summed E-state index contributed by atoms with van der Waals surface area (Å²) in [7, 11) is 0. The van der Waals surface area contributed by atoms with E-state index in [2.05, 4.69) is 45.2 Å². The largest absolute Gasteiger partial charge is 0.316 e. The molecule has 3 unspecified atom stereocenters. The summed E-state index contributed by atoms with van der Waals surface area (Å²) < 4.78 is 1.17. The van der Waals surface area contributed by atoms with E-state index < -0.39 is 0 Å². The molecule has 2 fully saturated rings. The van der Waals surface area contributed by atoms with Crippen molar-refractivity contribution in [2.24, 2.45) is 11.8 Å². The molecule has 0 saturated carbocycles. The molecule has 2 heterocycles. The van der Waals surface area contributed by atoms with Gasteiger partial charge in [0.1, 0.15) is 0 Å². The summed E-state index contributed by atoms with van der Waals surface area (Å²) in [6.07, 6.45) is 1.24. The monoisotopic (exact) mass is 342 g/mol. The van der Waals surface area contributed by atoms with Crippen molar-refractivity contribution in [3.8, 4) is 0 Å². The van der Waals surface area contributed by atoms with Gasteiger partial charge in [-0.1, -0.05) is 34.5 Å². The van der Waals surface area contributed by atoms with Gasteiger partial charge < -0.3 is 5.32 Å². The van der Waals surface area contributed by atoms with E-state index in [0.29, 0.717) is 6.04 Å². The van der Waals surface area contributed by atoms with E-state index in [9.17, 15) is 0 Å². The number of nitrogens with zero attached hydrogens (tertiary/aromatic N) is 1. The second kappa shape index (κ2) is 5.72. The Hall–Kier alpha value is -0.0900. The zero-order valence-corrected chi connectivity index (χ0v) is 13.5. The van der Waals surface area contributed by atoms with Gasteiger partial charge in [-0.2, -0.15) is 0 Å². The van der Waals surface area contributed by atoms with Gasteiger partial charge in [-0.3, -0.25) is 4.90 Å². The molecule has 0 aromatic heterocycles. The number of benzene rings is 1. The Bertz CT molecular complexity index is 465. The Kier molecular flexibility index (Phi) is 4.18. The third kappa shape index (κ3) is 2.71. The van der Waals surface area contributed by atoms with Crippen LogP contribution in [0.4, 0.5) is 0 Å². The lowest BCUT2D eigenvalue weighted by Gasteiger charge is -2.27. The summed E-state index contributed by atoms with van der Waals surface area (Å²) >= 11 is 9.76. The fourth-order valence-corrected chi connectivity index (χ4v) is 4.30. The van der Waals surface area contributed by atoms with Crippen LogP contribution in [0.15, 0.2) is 22.7 Å². The fourth-order valence-electron chi connectivity index (χ4n) is 3.74. The van der Waals surface area contributed by atoms with E-state index >= 15 is 0 Å². The van der Waals surface area contributed by atoms with Crippen LogP contribution in [0.3, 0.4) is 0 Å². The second-order valence-corrected chi connectivity index (χ2v) is 7.01. The first kappa shape index (κ1) is 13.9. The van der Waals surface area contributed by atoms with Gasteiger partial charge in [-0.05, 0) is 55.1 Å². The maximum absolute atomic E-state index is 6.12. The molecule has 2 nitrogen and oxygen atoms in total. The highest BCUT2D eigenvalue weighted by Crippen LogP contribution is 2.36. The van der Waals surface area contributed by atoms with Crippen LogP contribution in [0, 0.1) is 11.8 Å². The molecule has 2 aliphatic heterocycles. The molecular weight excluding hydrogens is 324 g/mol. The maximum Gasteiger partial charge on any atom is 0.0410 e. The number of nitrogens with one attached hydrogen (secondary N) is 1. The standard InChI is InChI=1S/C15H20BrClN2/c1-2-15-13-7-18-6-11(13)9-19(15)8-10-5-12(17)3-4-14(10)16/h3-5,11,13,15,18H,2,6-9H2,1H3. The van der Waals surface area contributed by atoms with Crippen molar-refractivity contribution < 1.29 is 0 Å². The Balaban J connectivity index is 1.77. The van der Waals surface area contributed by atoms with Crippen LogP contribution < -0.4 is 5.32 Å². The van der Waals surface area contributed by atoms with Crippen LogP contribution in [0.5, 0.6) is 0 Å². The zero-order chi connectivity index (χ0) is 13.4. The molecule has 0 spiro atoms. The second-order valence-electron chi connectivity index (χ2n) is 5.72. The smallest absolute Gasteiger partial charge is 0.0410 e. The minimum atomic E-state index is 0.714. The molecule has 19 heavy (non-hydrogen) atoms. The molecule has 4 heteroatoms. The molecule has 0 amide bonds. The molecule has 1 N–H and O–H groups in total. The summed E-state index contributed by atoms with van der Waals surface area (Å²) in [4.78, 5) is 2.65. The predicted molar refractivity (Wildman–Crippen MR) is 83.5 cm³/mol. The van der Waals surface area contributed by atoms with Crippen LogP contribution in [0.25, 0.3) is 0 Å². The highest BCUT2D eigenvalue weighted by Gasteiger charge is 2.42. The normalized spacial score (nSPS) is 30.8. The highest BCUT2D eigenvalue weighted by atomic mass is 79.9. The molecule has 0 radical (unpaired) electrons. The Morgan fingerprint density at radius 3 is 3.05 bits per heavy atom. The number of hydrogen-bond donors (Lipinski definition) is 1. The zero-order valence-electron chi connectivity index (χ0n) is 11.2. The number of rotatable bonds is 3. The van der Waals surface area contributed by atoms with Crippen molar-refractivity contribution in [3.63, 3.8) is 0 Å². The van der Waals surface area contributed by atoms with Crippen LogP contribution in [0.2, 0.25) is 5.02 Å². The van der Waals surface area contributed by atoms with E-state index in [0.717, 1.165) is 23.4 Å². The average Bonchev–Trinajstić information content (AvgIpc) is 2.94. The molecule has 1 aromatic carbocycles. The summed E-state index contributed by atoms with van der Waals surface area (Å²) in [5.74, 6) is 1.67. The molecular formula is C15H20BrClN2. The van der Waals surface area contributed by atoms with Gasteiger partial charge >= 0.3 is 0 Å². The summed E-state index contributed by atoms with van der Waals surface area (Å²) in [6.45, 7) is 6.91. The van der Waals surface area contributed by atoms with Crippen molar-refractivity contribution in [1.29, 1.82) is 0 Å². The van der Waals surface area contributed by atoms with Crippen molar-refractivity contribution in [1.82, 2.24) is 10.2 Å². The lowest BCUT2D eigenvalue weighted by Crippen LogP contribution is -2.34. The molecule has 3 atom stereocenters. The Morgan fingerprint density at radius 1 is 1.42 bits per heavy atom. The fraction of sp³-hybridized carbons (Fsp3) is 0.600. The van der Waals surface area contributed by atoms with E-state index in [4.69, 9.17) is 11.6 Å². The van der Waals surface area contributed by atoms with Gasteiger partial charge in [0.05, 0.1) is 0 Å². The number of hydrogen-bond acceptors (Lipinski definition) is 2. The first-order valence-corrected chi connectivity index (χ1v) is 8.25. The maximum atomic E-state index is 6.12. The first-order valence-electron chi connectivity index (χ1n) is 7.07. The SMILES string of the molecule is CCC1C2CNCC2CN1Cc1cc(Cl)ccc1Br.